The third-order valence-corrected chi connectivity index (χ3v) is 3.66. The summed E-state index contributed by atoms with van der Waals surface area (Å²) in [5.74, 6) is 1.01. The van der Waals surface area contributed by atoms with Gasteiger partial charge in [-0.2, -0.15) is 0 Å². The molecule has 1 aromatic rings. The highest BCUT2D eigenvalue weighted by atomic mass is 16.5. The number of aliphatic hydroxyl groups excluding tert-OH is 1. The van der Waals surface area contributed by atoms with Crippen LogP contribution in [0.4, 0.5) is 5.82 Å². The van der Waals surface area contributed by atoms with Crippen LogP contribution in [0.5, 0.6) is 0 Å². The molecule has 0 spiro atoms. The van der Waals surface area contributed by atoms with Crippen LogP contribution in [-0.2, 0) is 4.74 Å². The molecule has 2 atom stereocenters. The molecule has 2 unspecified atom stereocenters. The number of ether oxygens (including phenoxy) is 1. The fourth-order valence-electron chi connectivity index (χ4n) is 2.50. The van der Waals surface area contributed by atoms with Gasteiger partial charge in [-0.25, -0.2) is 4.79 Å². The van der Waals surface area contributed by atoms with Crippen LogP contribution in [-0.4, -0.2) is 41.5 Å². The maximum atomic E-state index is 11.2. The van der Waals surface area contributed by atoms with E-state index in [0.717, 1.165) is 19.4 Å². The number of carbonyl (C=O) groups is 1. The third kappa shape index (κ3) is 3.41. The second-order valence-electron chi connectivity index (χ2n) is 4.81. The summed E-state index contributed by atoms with van der Waals surface area (Å²) in [5.41, 5.74) is 0.196. The molecule has 104 valence electrons. The summed E-state index contributed by atoms with van der Waals surface area (Å²) in [4.78, 5) is 11.2. The largest absolute Gasteiger partial charge is 0.464 e. The van der Waals surface area contributed by atoms with Crippen molar-refractivity contribution in [1.82, 2.24) is 10.2 Å². The minimum Gasteiger partial charge on any atom is -0.464 e. The molecule has 1 aromatic heterocycles. The molecule has 1 saturated carbocycles. The third-order valence-electron chi connectivity index (χ3n) is 3.66. The van der Waals surface area contributed by atoms with Gasteiger partial charge < -0.3 is 15.2 Å². The molecule has 0 radical (unpaired) electrons. The SMILES string of the molecule is COC(=O)c1ccc(NCC2CCCC2CO)nn1. The predicted molar refractivity (Wildman–Crippen MR) is 69.8 cm³/mol. The quantitative estimate of drug-likeness (QED) is 0.775. The summed E-state index contributed by atoms with van der Waals surface area (Å²) in [7, 11) is 1.31. The second kappa shape index (κ2) is 6.47. The van der Waals surface area contributed by atoms with E-state index in [4.69, 9.17) is 0 Å². The van der Waals surface area contributed by atoms with Gasteiger partial charge in [0.2, 0.25) is 0 Å². The minimum absolute atomic E-state index is 0.196. The fraction of sp³-hybridized carbons (Fsp3) is 0.615. The van der Waals surface area contributed by atoms with Crippen LogP contribution in [0.15, 0.2) is 12.1 Å². The van der Waals surface area contributed by atoms with Gasteiger partial charge in [0.25, 0.3) is 0 Å². The number of aromatic nitrogens is 2. The molecule has 0 bridgehead atoms. The highest BCUT2D eigenvalue weighted by Crippen LogP contribution is 2.31. The molecule has 0 amide bonds. The van der Waals surface area contributed by atoms with Crippen LogP contribution >= 0.6 is 0 Å². The van der Waals surface area contributed by atoms with E-state index >= 15 is 0 Å². The summed E-state index contributed by atoms with van der Waals surface area (Å²) in [6.45, 7) is 1.02. The van der Waals surface area contributed by atoms with E-state index in [2.05, 4.69) is 20.3 Å². The molecule has 1 aliphatic rings. The van der Waals surface area contributed by atoms with E-state index in [1.807, 2.05) is 0 Å². The number of nitrogens with one attached hydrogen (secondary N) is 1. The van der Waals surface area contributed by atoms with Crippen LogP contribution in [0, 0.1) is 11.8 Å². The van der Waals surface area contributed by atoms with Crippen molar-refractivity contribution in [3.8, 4) is 0 Å². The van der Waals surface area contributed by atoms with E-state index in [0.29, 0.717) is 17.7 Å². The first-order chi connectivity index (χ1) is 9.24. The summed E-state index contributed by atoms with van der Waals surface area (Å²) < 4.78 is 4.56. The number of aliphatic hydroxyl groups is 1. The van der Waals surface area contributed by atoms with E-state index in [-0.39, 0.29) is 12.3 Å². The summed E-state index contributed by atoms with van der Waals surface area (Å²) in [6.07, 6.45) is 3.40. The molecule has 1 aliphatic carbocycles. The minimum atomic E-state index is -0.491. The average molecular weight is 265 g/mol. The Balaban J connectivity index is 1.88. The Bertz CT molecular complexity index is 422. The van der Waals surface area contributed by atoms with Crippen LogP contribution in [0.25, 0.3) is 0 Å². The first-order valence-electron chi connectivity index (χ1n) is 6.51. The fourth-order valence-corrected chi connectivity index (χ4v) is 2.50. The Morgan fingerprint density at radius 2 is 2.21 bits per heavy atom. The van der Waals surface area contributed by atoms with Gasteiger partial charge in [0.05, 0.1) is 7.11 Å². The highest BCUT2D eigenvalue weighted by molar-refractivity contribution is 5.86. The summed E-state index contributed by atoms with van der Waals surface area (Å²) in [5, 5.41) is 20.2. The molecule has 6 nitrogen and oxygen atoms in total. The number of methoxy groups -OCH3 is 1. The van der Waals surface area contributed by atoms with Crippen LogP contribution in [0.1, 0.15) is 29.8 Å². The monoisotopic (exact) mass is 265 g/mol. The van der Waals surface area contributed by atoms with Crippen molar-refractivity contribution in [3.05, 3.63) is 17.8 Å². The lowest BCUT2D eigenvalue weighted by Gasteiger charge is -2.17. The van der Waals surface area contributed by atoms with Gasteiger partial charge in [-0.3, -0.25) is 0 Å². The van der Waals surface area contributed by atoms with Crippen molar-refractivity contribution in [3.63, 3.8) is 0 Å². The molecular weight excluding hydrogens is 246 g/mol. The second-order valence-corrected chi connectivity index (χ2v) is 4.81. The Morgan fingerprint density at radius 3 is 2.84 bits per heavy atom. The van der Waals surface area contributed by atoms with Gasteiger partial charge >= 0.3 is 5.97 Å². The van der Waals surface area contributed by atoms with Gasteiger partial charge in [0.1, 0.15) is 5.82 Å². The lowest BCUT2D eigenvalue weighted by Crippen LogP contribution is -2.21. The predicted octanol–water partition coefficient (Wildman–Crippen LogP) is 1.08. The van der Waals surface area contributed by atoms with Crippen LogP contribution in [0.2, 0.25) is 0 Å². The normalized spacial score (nSPS) is 22.2. The molecule has 1 heterocycles. The zero-order chi connectivity index (χ0) is 13.7. The number of nitrogens with zero attached hydrogens (tertiary/aromatic N) is 2. The molecule has 6 heteroatoms. The van der Waals surface area contributed by atoms with Crippen LogP contribution in [0.3, 0.4) is 0 Å². The topological polar surface area (TPSA) is 84.3 Å². The Kier molecular flexibility index (Phi) is 4.68. The maximum absolute atomic E-state index is 11.2. The molecular formula is C13H19N3O3. The Hall–Kier alpha value is -1.69. The zero-order valence-electron chi connectivity index (χ0n) is 11.0. The highest BCUT2D eigenvalue weighted by Gasteiger charge is 2.26. The molecule has 0 aromatic carbocycles. The number of hydrogen-bond donors (Lipinski definition) is 2. The molecule has 19 heavy (non-hydrogen) atoms. The van der Waals surface area contributed by atoms with Gasteiger partial charge in [0.15, 0.2) is 5.69 Å². The standard InChI is InChI=1S/C13H19N3O3/c1-19-13(18)11-5-6-12(16-15-11)14-7-9-3-2-4-10(9)8-17/h5-6,9-10,17H,2-4,7-8H2,1H3,(H,14,16). The van der Waals surface area contributed by atoms with Crippen molar-refractivity contribution in [1.29, 1.82) is 0 Å². The van der Waals surface area contributed by atoms with Gasteiger partial charge in [-0.1, -0.05) is 6.42 Å². The number of rotatable bonds is 5. The van der Waals surface area contributed by atoms with E-state index < -0.39 is 5.97 Å². The lowest BCUT2D eigenvalue weighted by molar-refractivity contribution is 0.0592. The number of anilines is 1. The summed E-state index contributed by atoms with van der Waals surface area (Å²) in [6, 6.07) is 3.29. The van der Waals surface area contributed by atoms with E-state index in [1.54, 1.807) is 12.1 Å². The molecule has 0 saturated heterocycles. The van der Waals surface area contributed by atoms with Gasteiger partial charge in [-0.15, -0.1) is 10.2 Å². The first kappa shape index (κ1) is 13.7. The molecule has 1 fully saturated rings. The zero-order valence-corrected chi connectivity index (χ0v) is 11.0. The Morgan fingerprint density at radius 1 is 1.42 bits per heavy atom. The van der Waals surface area contributed by atoms with E-state index in [9.17, 15) is 9.90 Å². The molecule has 2 N–H and O–H groups in total. The van der Waals surface area contributed by atoms with Crippen molar-refractivity contribution in [2.75, 3.05) is 25.6 Å². The molecule has 0 aliphatic heterocycles. The van der Waals surface area contributed by atoms with E-state index in [1.165, 1.54) is 13.5 Å². The maximum Gasteiger partial charge on any atom is 0.358 e. The summed E-state index contributed by atoms with van der Waals surface area (Å²) >= 11 is 0. The van der Waals surface area contributed by atoms with Crippen molar-refractivity contribution < 1.29 is 14.6 Å². The van der Waals surface area contributed by atoms with Crippen molar-refractivity contribution >= 4 is 11.8 Å². The van der Waals surface area contributed by atoms with Crippen molar-refractivity contribution in [2.45, 2.75) is 19.3 Å². The smallest absolute Gasteiger partial charge is 0.358 e. The van der Waals surface area contributed by atoms with Gasteiger partial charge in [0, 0.05) is 13.2 Å². The number of hydrogen-bond acceptors (Lipinski definition) is 6. The lowest BCUT2D eigenvalue weighted by atomic mass is 9.97. The number of esters is 1. The molecule has 2 rings (SSSR count). The van der Waals surface area contributed by atoms with Crippen molar-refractivity contribution in [2.24, 2.45) is 11.8 Å². The first-order valence-corrected chi connectivity index (χ1v) is 6.51. The van der Waals surface area contributed by atoms with Crippen LogP contribution < -0.4 is 5.32 Å². The average Bonchev–Trinajstić information content (AvgIpc) is 2.92. The van der Waals surface area contributed by atoms with Gasteiger partial charge in [-0.05, 0) is 36.8 Å². The number of carbonyl (C=O) groups excluding carboxylic acids is 1. The Labute approximate surface area is 112 Å².